The second-order valence-electron chi connectivity index (χ2n) is 7.59. The second-order valence-corrected chi connectivity index (χ2v) is 8.60. The number of carbonyl (C=O) groups is 2. The van der Waals surface area contributed by atoms with Gasteiger partial charge in [0.1, 0.15) is 6.07 Å². The van der Waals surface area contributed by atoms with E-state index in [1.807, 2.05) is 36.4 Å². The molecule has 0 aliphatic carbocycles. The van der Waals surface area contributed by atoms with E-state index in [1.54, 1.807) is 41.3 Å². The van der Waals surface area contributed by atoms with Crippen molar-refractivity contribution in [1.82, 2.24) is 4.90 Å². The molecular formula is C27H21N3O5S. The van der Waals surface area contributed by atoms with Gasteiger partial charge in [-0.2, -0.15) is 5.26 Å². The highest BCUT2D eigenvalue weighted by atomic mass is 32.2. The topological polar surface area (TPSA) is 112 Å². The molecule has 0 saturated carbocycles. The number of aromatic carboxylic acids is 1. The van der Waals surface area contributed by atoms with E-state index in [0.717, 1.165) is 11.1 Å². The Morgan fingerprint density at radius 2 is 1.86 bits per heavy atom. The van der Waals surface area contributed by atoms with Crippen molar-refractivity contribution in [3.63, 3.8) is 0 Å². The number of para-hydroxylation sites is 1. The Morgan fingerprint density at radius 3 is 2.53 bits per heavy atom. The van der Waals surface area contributed by atoms with Crippen molar-refractivity contribution in [2.75, 3.05) is 13.7 Å². The summed E-state index contributed by atoms with van der Waals surface area (Å²) in [6.45, 7) is 0.131. The van der Waals surface area contributed by atoms with E-state index in [2.05, 4.69) is 4.99 Å². The first-order chi connectivity index (χ1) is 17.5. The van der Waals surface area contributed by atoms with Crippen molar-refractivity contribution in [1.29, 1.82) is 5.26 Å². The summed E-state index contributed by atoms with van der Waals surface area (Å²) < 4.78 is 10.7. The molecule has 1 saturated heterocycles. The molecule has 9 heteroatoms. The third-order valence-electron chi connectivity index (χ3n) is 5.19. The highest BCUT2D eigenvalue weighted by Gasteiger charge is 2.33. The molecule has 8 nitrogen and oxygen atoms in total. The number of nitrogens with zero attached hydrogens (tertiary/aromatic N) is 3. The molecule has 180 valence electrons. The molecule has 1 aliphatic rings. The Hall–Kier alpha value is -4.55. The molecule has 0 spiro atoms. The molecule has 0 radical (unpaired) electrons. The van der Waals surface area contributed by atoms with Gasteiger partial charge in [0, 0.05) is 0 Å². The third kappa shape index (κ3) is 5.74. The molecule has 1 aliphatic heterocycles. The highest BCUT2D eigenvalue weighted by Crippen LogP contribution is 2.36. The SMILES string of the molecule is COc1cc(C=C2SC(=Nc3ccccc3)N(Cc3ccc(C(=O)O)cc3)C2=O)ccc1OCC#N. The van der Waals surface area contributed by atoms with Crippen LogP contribution < -0.4 is 9.47 Å². The van der Waals surface area contributed by atoms with Crippen LogP contribution in [-0.4, -0.2) is 40.8 Å². The quantitative estimate of drug-likeness (QED) is 0.429. The number of thioether (sulfide) groups is 1. The van der Waals surface area contributed by atoms with Gasteiger partial charge >= 0.3 is 5.97 Å². The number of aliphatic imine (C=N–C) groups is 1. The minimum absolute atomic E-state index is 0.104. The lowest BCUT2D eigenvalue weighted by molar-refractivity contribution is -0.122. The van der Waals surface area contributed by atoms with Crippen LogP contribution in [0.25, 0.3) is 6.08 Å². The number of carbonyl (C=O) groups excluding carboxylic acids is 1. The van der Waals surface area contributed by atoms with Gasteiger partial charge in [-0.3, -0.25) is 9.69 Å². The first-order valence-corrected chi connectivity index (χ1v) is 11.7. The van der Waals surface area contributed by atoms with Gasteiger partial charge in [-0.25, -0.2) is 9.79 Å². The lowest BCUT2D eigenvalue weighted by atomic mass is 10.1. The fraction of sp³-hybridized carbons (Fsp3) is 0.111. The third-order valence-corrected chi connectivity index (χ3v) is 6.19. The van der Waals surface area contributed by atoms with E-state index in [4.69, 9.17) is 19.8 Å². The molecule has 3 aromatic carbocycles. The van der Waals surface area contributed by atoms with Crippen LogP contribution in [0.15, 0.2) is 82.7 Å². The van der Waals surface area contributed by atoms with E-state index < -0.39 is 5.97 Å². The van der Waals surface area contributed by atoms with Gasteiger partial charge in [-0.15, -0.1) is 0 Å². The van der Waals surface area contributed by atoms with Crippen LogP contribution in [0.2, 0.25) is 0 Å². The number of amidine groups is 1. The van der Waals surface area contributed by atoms with Crippen molar-refractivity contribution < 1.29 is 24.2 Å². The predicted molar refractivity (Wildman–Crippen MR) is 137 cm³/mol. The van der Waals surface area contributed by atoms with Gasteiger partial charge in [0.25, 0.3) is 5.91 Å². The van der Waals surface area contributed by atoms with Gasteiger partial charge in [0.05, 0.1) is 29.8 Å². The van der Waals surface area contributed by atoms with Crippen LogP contribution >= 0.6 is 11.8 Å². The van der Waals surface area contributed by atoms with Crippen LogP contribution in [0, 0.1) is 11.3 Å². The Kier molecular flexibility index (Phi) is 7.68. The number of carboxylic acids is 1. The van der Waals surface area contributed by atoms with Gasteiger partial charge in [-0.05, 0) is 65.4 Å². The number of hydrogen-bond donors (Lipinski definition) is 1. The zero-order valence-corrected chi connectivity index (χ0v) is 20.1. The molecular weight excluding hydrogens is 478 g/mol. The molecule has 0 aromatic heterocycles. The first-order valence-electron chi connectivity index (χ1n) is 10.8. The van der Waals surface area contributed by atoms with E-state index in [0.29, 0.717) is 27.3 Å². The van der Waals surface area contributed by atoms with Crippen molar-refractivity contribution >= 4 is 40.6 Å². The number of rotatable bonds is 8. The molecule has 1 amide bonds. The maximum atomic E-state index is 13.4. The Balaban J connectivity index is 1.66. The van der Waals surface area contributed by atoms with Gasteiger partial charge in [0.2, 0.25) is 0 Å². The molecule has 1 N–H and O–H groups in total. The molecule has 0 bridgehead atoms. The minimum Gasteiger partial charge on any atom is -0.493 e. The zero-order valence-electron chi connectivity index (χ0n) is 19.2. The zero-order chi connectivity index (χ0) is 25.5. The number of benzene rings is 3. The van der Waals surface area contributed by atoms with Crippen molar-refractivity contribution in [3.05, 3.63) is 94.4 Å². The van der Waals surface area contributed by atoms with Crippen LogP contribution in [0.5, 0.6) is 11.5 Å². The van der Waals surface area contributed by atoms with E-state index >= 15 is 0 Å². The average molecular weight is 500 g/mol. The van der Waals surface area contributed by atoms with E-state index in [-0.39, 0.29) is 24.6 Å². The monoisotopic (exact) mass is 499 g/mol. The normalized spacial score (nSPS) is 15.2. The summed E-state index contributed by atoms with van der Waals surface area (Å²) in [4.78, 5) is 31.3. The van der Waals surface area contributed by atoms with Crippen molar-refractivity contribution in [2.45, 2.75) is 6.54 Å². The number of carboxylic acid groups (broad SMARTS) is 1. The smallest absolute Gasteiger partial charge is 0.335 e. The number of nitriles is 1. The molecule has 36 heavy (non-hydrogen) atoms. The predicted octanol–water partition coefficient (Wildman–Crippen LogP) is 5.10. The van der Waals surface area contributed by atoms with Crippen LogP contribution in [0.1, 0.15) is 21.5 Å². The van der Waals surface area contributed by atoms with Crippen LogP contribution in [0.3, 0.4) is 0 Å². The lowest BCUT2D eigenvalue weighted by Crippen LogP contribution is -2.28. The van der Waals surface area contributed by atoms with Crippen LogP contribution in [0.4, 0.5) is 5.69 Å². The van der Waals surface area contributed by atoms with Gasteiger partial charge in [-0.1, -0.05) is 36.4 Å². The summed E-state index contributed by atoms with van der Waals surface area (Å²) in [6.07, 6.45) is 1.75. The minimum atomic E-state index is -1.01. The number of methoxy groups -OCH3 is 1. The first kappa shape index (κ1) is 24.6. The standard InChI is InChI=1S/C27H21N3O5S/c1-34-23-15-19(9-12-22(23)35-14-13-28)16-24-25(31)30(17-18-7-10-20(11-8-18)26(32)33)27(36-24)29-21-5-3-2-4-6-21/h2-12,15-16H,14,17H2,1H3,(H,32,33). The molecule has 4 rings (SSSR count). The van der Waals surface area contributed by atoms with E-state index in [9.17, 15) is 9.59 Å². The van der Waals surface area contributed by atoms with Gasteiger partial charge < -0.3 is 14.6 Å². The summed E-state index contributed by atoms with van der Waals surface area (Å²) in [5.74, 6) is -0.348. The lowest BCUT2D eigenvalue weighted by Gasteiger charge is -2.16. The van der Waals surface area contributed by atoms with Gasteiger partial charge in [0.15, 0.2) is 23.3 Å². The summed E-state index contributed by atoms with van der Waals surface area (Å²) in [5, 5.41) is 18.4. The largest absolute Gasteiger partial charge is 0.493 e. The summed E-state index contributed by atoms with van der Waals surface area (Å²) in [5.41, 5.74) is 2.38. The molecule has 0 atom stereocenters. The van der Waals surface area contributed by atoms with Crippen molar-refractivity contribution in [3.8, 4) is 17.6 Å². The molecule has 1 fully saturated rings. The number of amides is 1. The Bertz CT molecular complexity index is 1380. The number of hydrogen-bond acceptors (Lipinski definition) is 7. The summed E-state index contributed by atoms with van der Waals surface area (Å²) >= 11 is 1.25. The number of ether oxygens (including phenoxy) is 2. The highest BCUT2D eigenvalue weighted by molar-refractivity contribution is 8.18. The Labute approximate surface area is 212 Å². The average Bonchev–Trinajstić information content (AvgIpc) is 3.17. The summed E-state index contributed by atoms with van der Waals surface area (Å²) in [7, 11) is 1.50. The summed E-state index contributed by atoms with van der Waals surface area (Å²) in [6, 6.07) is 22.8. The van der Waals surface area contributed by atoms with Crippen LogP contribution in [-0.2, 0) is 11.3 Å². The maximum Gasteiger partial charge on any atom is 0.335 e. The van der Waals surface area contributed by atoms with Crippen molar-refractivity contribution in [2.24, 2.45) is 4.99 Å². The fourth-order valence-electron chi connectivity index (χ4n) is 3.43. The molecule has 3 aromatic rings. The Morgan fingerprint density at radius 1 is 1.11 bits per heavy atom. The maximum absolute atomic E-state index is 13.4. The van der Waals surface area contributed by atoms with E-state index in [1.165, 1.54) is 31.0 Å². The molecule has 1 heterocycles. The fourth-order valence-corrected chi connectivity index (χ4v) is 4.43. The second kappa shape index (κ2) is 11.3. The molecule has 0 unspecified atom stereocenters.